The molecule has 138 valence electrons. The topological polar surface area (TPSA) is 99.3 Å². The van der Waals surface area contributed by atoms with Gasteiger partial charge in [0.25, 0.3) is 5.69 Å². The van der Waals surface area contributed by atoms with Crippen LogP contribution in [0.1, 0.15) is 0 Å². The lowest BCUT2D eigenvalue weighted by Crippen LogP contribution is -2.15. The Morgan fingerprint density at radius 2 is 2.11 bits per heavy atom. The first-order chi connectivity index (χ1) is 13.1. The molecule has 0 atom stereocenters. The van der Waals surface area contributed by atoms with Crippen LogP contribution in [0.4, 0.5) is 11.4 Å². The number of carbonyl (C=O) groups is 1. The van der Waals surface area contributed by atoms with E-state index in [1.807, 2.05) is 28.8 Å². The van der Waals surface area contributed by atoms with Crippen LogP contribution in [0, 0.1) is 10.1 Å². The summed E-state index contributed by atoms with van der Waals surface area (Å²) in [5.74, 6) is 0.424. The highest BCUT2D eigenvalue weighted by Crippen LogP contribution is 2.25. The van der Waals surface area contributed by atoms with Gasteiger partial charge in [0.15, 0.2) is 5.16 Å². The van der Waals surface area contributed by atoms with Crippen molar-refractivity contribution < 1.29 is 14.5 Å². The molecule has 8 nitrogen and oxygen atoms in total. The van der Waals surface area contributed by atoms with Gasteiger partial charge in [-0.05, 0) is 18.2 Å². The van der Waals surface area contributed by atoms with Gasteiger partial charge in [-0.1, -0.05) is 30.0 Å². The van der Waals surface area contributed by atoms with Crippen LogP contribution in [0.15, 0.2) is 66.1 Å². The number of amides is 1. The van der Waals surface area contributed by atoms with E-state index in [2.05, 4.69) is 10.3 Å². The van der Waals surface area contributed by atoms with Crippen LogP contribution in [-0.4, -0.2) is 33.2 Å². The number of rotatable bonds is 7. The summed E-state index contributed by atoms with van der Waals surface area (Å²) in [6.45, 7) is 0. The fourth-order valence-electron chi connectivity index (χ4n) is 2.41. The number of imidazole rings is 1. The summed E-state index contributed by atoms with van der Waals surface area (Å²) in [5, 5.41) is 14.2. The number of nitro benzene ring substituents is 1. The minimum atomic E-state index is -0.530. The molecule has 0 aliphatic rings. The molecule has 1 heterocycles. The van der Waals surface area contributed by atoms with Gasteiger partial charge >= 0.3 is 0 Å². The summed E-state index contributed by atoms with van der Waals surface area (Å²) in [5.41, 5.74) is 0.881. The summed E-state index contributed by atoms with van der Waals surface area (Å²) >= 11 is 1.23. The number of thioether (sulfide) groups is 1. The summed E-state index contributed by atoms with van der Waals surface area (Å²) < 4.78 is 7.07. The maximum atomic E-state index is 12.2. The van der Waals surface area contributed by atoms with Crippen molar-refractivity contribution in [2.24, 2.45) is 0 Å². The number of nitrogens with zero attached hydrogens (tertiary/aromatic N) is 3. The van der Waals surface area contributed by atoms with Gasteiger partial charge in [0.05, 0.1) is 23.5 Å². The highest BCUT2D eigenvalue weighted by molar-refractivity contribution is 7.99. The molecular formula is C18H16N4O4S. The third kappa shape index (κ3) is 4.45. The van der Waals surface area contributed by atoms with Crippen LogP contribution in [0.2, 0.25) is 0 Å². The second-order valence-electron chi connectivity index (χ2n) is 5.39. The number of ether oxygens (including phenoxy) is 1. The lowest BCUT2D eigenvalue weighted by atomic mass is 10.2. The predicted molar refractivity (Wildman–Crippen MR) is 103 cm³/mol. The Balaban J connectivity index is 1.69. The summed E-state index contributed by atoms with van der Waals surface area (Å²) in [4.78, 5) is 27.0. The molecule has 2 aromatic carbocycles. The van der Waals surface area contributed by atoms with E-state index in [-0.39, 0.29) is 23.0 Å². The molecule has 0 aliphatic heterocycles. The van der Waals surface area contributed by atoms with E-state index in [9.17, 15) is 14.9 Å². The van der Waals surface area contributed by atoms with Crippen LogP contribution >= 0.6 is 11.8 Å². The molecule has 0 aliphatic carbocycles. The van der Waals surface area contributed by atoms with Crippen LogP contribution in [0.3, 0.4) is 0 Å². The Morgan fingerprint density at radius 3 is 2.89 bits per heavy atom. The van der Waals surface area contributed by atoms with Crippen molar-refractivity contribution in [2.75, 3.05) is 18.2 Å². The number of hydrogen-bond donors (Lipinski definition) is 1. The average Bonchev–Trinajstić information content (AvgIpc) is 3.15. The van der Waals surface area contributed by atoms with Gasteiger partial charge in [-0.3, -0.25) is 19.5 Å². The van der Waals surface area contributed by atoms with Crippen LogP contribution in [0.25, 0.3) is 5.69 Å². The van der Waals surface area contributed by atoms with Crippen LogP contribution < -0.4 is 10.1 Å². The number of para-hydroxylation sites is 2. The molecule has 1 N–H and O–H groups in total. The zero-order chi connectivity index (χ0) is 19.2. The normalized spacial score (nSPS) is 10.4. The van der Waals surface area contributed by atoms with Gasteiger partial charge in [0.2, 0.25) is 5.91 Å². The zero-order valence-corrected chi connectivity index (χ0v) is 15.2. The minimum absolute atomic E-state index is 0.0625. The highest BCUT2D eigenvalue weighted by Gasteiger charge is 2.16. The third-order valence-electron chi connectivity index (χ3n) is 3.65. The average molecular weight is 384 g/mol. The molecule has 0 bridgehead atoms. The molecule has 9 heteroatoms. The second kappa shape index (κ2) is 8.37. The largest absolute Gasteiger partial charge is 0.497 e. The Labute approximate surface area is 159 Å². The van der Waals surface area contributed by atoms with E-state index in [1.165, 1.54) is 23.9 Å². The highest BCUT2D eigenvalue weighted by atomic mass is 32.2. The summed E-state index contributed by atoms with van der Waals surface area (Å²) in [7, 11) is 1.59. The monoisotopic (exact) mass is 384 g/mol. The summed E-state index contributed by atoms with van der Waals surface area (Å²) in [6.07, 6.45) is 3.43. The molecule has 0 spiro atoms. The predicted octanol–water partition coefficient (Wildman–Crippen LogP) is 3.52. The fraction of sp³-hybridized carbons (Fsp3) is 0.111. The molecule has 0 radical (unpaired) electrons. The number of carbonyl (C=O) groups excluding carboxylic acids is 1. The van der Waals surface area contributed by atoms with E-state index in [0.717, 1.165) is 5.69 Å². The zero-order valence-electron chi connectivity index (χ0n) is 14.4. The molecule has 0 saturated carbocycles. The Morgan fingerprint density at radius 1 is 1.30 bits per heavy atom. The fourth-order valence-corrected chi connectivity index (χ4v) is 3.18. The molecule has 0 saturated heterocycles. The molecule has 0 unspecified atom stereocenters. The minimum Gasteiger partial charge on any atom is -0.497 e. The molecule has 1 amide bonds. The van der Waals surface area contributed by atoms with Gasteiger partial charge in [-0.15, -0.1) is 0 Å². The standard InChI is InChI=1S/C18H16N4O4S/c1-26-14-6-4-5-13(11-14)21-10-9-19-18(21)27-12-17(23)20-15-7-2-3-8-16(15)22(24)25/h2-11H,12H2,1H3,(H,20,23). The number of anilines is 1. The number of nitro groups is 1. The van der Waals surface area contributed by atoms with Gasteiger partial charge in [-0.25, -0.2) is 4.98 Å². The number of benzene rings is 2. The molecule has 3 aromatic rings. The molecule has 27 heavy (non-hydrogen) atoms. The van der Waals surface area contributed by atoms with Gasteiger partial charge in [0, 0.05) is 24.5 Å². The van der Waals surface area contributed by atoms with E-state index >= 15 is 0 Å². The maximum Gasteiger partial charge on any atom is 0.292 e. The van der Waals surface area contributed by atoms with Crippen molar-refractivity contribution >= 4 is 29.0 Å². The van der Waals surface area contributed by atoms with Crippen molar-refractivity contribution in [1.29, 1.82) is 0 Å². The Hall–Kier alpha value is -3.33. The maximum absolute atomic E-state index is 12.2. The van der Waals surface area contributed by atoms with Gasteiger partial charge < -0.3 is 10.1 Å². The first-order valence-electron chi connectivity index (χ1n) is 7.92. The number of aromatic nitrogens is 2. The van der Waals surface area contributed by atoms with Crippen molar-refractivity contribution in [3.63, 3.8) is 0 Å². The van der Waals surface area contributed by atoms with E-state index in [4.69, 9.17) is 4.74 Å². The second-order valence-corrected chi connectivity index (χ2v) is 6.33. The smallest absolute Gasteiger partial charge is 0.292 e. The first kappa shape index (κ1) is 18.5. The van der Waals surface area contributed by atoms with Crippen molar-refractivity contribution in [3.8, 4) is 11.4 Å². The van der Waals surface area contributed by atoms with Crippen LogP contribution in [-0.2, 0) is 4.79 Å². The summed E-state index contributed by atoms with van der Waals surface area (Å²) in [6, 6.07) is 13.5. The number of hydrogen-bond acceptors (Lipinski definition) is 6. The van der Waals surface area contributed by atoms with Gasteiger partial charge in [0.1, 0.15) is 11.4 Å². The van der Waals surface area contributed by atoms with E-state index in [1.54, 1.807) is 31.6 Å². The van der Waals surface area contributed by atoms with Gasteiger partial charge in [-0.2, -0.15) is 0 Å². The lowest BCUT2D eigenvalue weighted by molar-refractivity contribution is -0.383. The lowest BCUT2D eigenvalue weighted by Gasteiger charge is -2.09. The molecule has 0 fully saturated rings. The quantitative estimate of drug-likeness (QED) is 0.380. The van der Waals surface area contributed by atoms with Crippen molar-refractivity contribution in [1.82, 2.24) is 9.55 Å². The Bertz CT molecular complexity index is 973. The molecule has 3 rings (SSSR count). The SMILES string of the molecule is COc1cccc(-n2ccnc2SCC(=O)Nc2ccccc2[N+](=O)[O-])c1. The van der Waals surface area contributed by atoms with Crippen molar-refractivity contribution in [2.45, 2.75) is 5.16 Å². The molecule has 1 aromatic heterocycles. The Kier molecular flexibility index (Phi) is 5.72. The number of methoxy groups -OCH3 is 1. The molecular weight excluding hydrogens is 368 g/mol. The van der Waals surface area contributed by atoms with Crippen molar-refractivity contribution in [3.05, 3.63) is 71.0 Å². The first-order valence-corrected chi connectivity index (χ1v) is 8.91. The third-order valence-corrected chi connectivity index (χ3v) is 4.61. The van der Waals surface area contributed by atoms with E-state index < -0.39 is 4.92 Å². The van der Waals surface area contributed by atoms with Crippen LogP contribution in [0.5, 0.6) is 5.75 Å². The number of nitrogens with one attached hydrogen (secondary N) is 1. The van der Waals surface area contributed by atoms with E-state index in [0.29, 0.717) is 10.9 Å².